The molecule has 37 heavy (non-hydrogen) atoms. The molecule has 196 valence electrons. The molecule has 0 aliphatic rings. The lowest BCUT2D eigenvalue weighted by Crippen LogP contribution is -2.52. The van der Waals surface area contributed by atoms with Crippen molar-refractivity contribution in [2.75, 3.05) is 17.4 Å². The fraction of sp³-hybridized carbons (Fsp3) is 0.259. The zero-order valence-corrected chi connectivity index (χ0v) is 22.9. The standard InChI is InChI=1S/C27H29Cl2N3O4S/c1-3-25(27(34)30-4-2)31(18-20-10-8-9-13-24(20)29)26(33)19-32(22-11-6-5-7-12-22)37(35,36)23-16-14-21(28)15-17-23/h5-17,25H,3-4,18-19H2,1-2H3,(H,30,34). The number of benzene rings is 3. The van der Waals surface area contributed by atoms with E-state index in [1.807, 2.05) is 0 Å². The van der Waals surface area contributed by atoms with Crippen molar-refractivity contribution in [2.24, 2.45) is 0 Å². The summed E-state index contributed by atoms with van der Waals surface area (Å²) in [6, 6.07) is 20.3. The van der Waals surface area contributed by atoms with E-state index in [2.05, 4.69) is 5.32 Å². The number of likely N-dealkylation sites (N-methyl/N-ethyl adjacent to an activating group) is 1. The minimum atomic E-state index is -4.14. The Balaban J connectivity index is 2.04. The van der Waals surface area contributed by atoms with Gasteiger partial charge in [-0.05, 0) is 61.4 Å². The maximum absolute atomic E-state index is 13.9. The summed E-state index contributed by atoms with van der Waals surface area (Å²) in [6.45, 7) is 3.50. The normalized spacial score (nSPS) is 12.0. The van der Waals surface area contributed by atoms with Crippen molar-refractivity contribution >= 4 is 50.7 Å². The summed E-state index contributed by atoms with van der Waals surface area (Å²) in [5.74, 6) is -0.864. The van der Waals surface area contributed by atoms with Crippen LogP contribution in [-0.4, -0.2) is 44.3 Å². The average Bonchev–Trinajstić information content (AvgIpc) is 2.89. The van der Waals surface area contributed by atoms with Crippen molar-refractivity contribution in [1.29, 1.82) is 0 Å². The van der Waals surface area contributed by atoms with Crippen molar-refractivity contribution in [1.82, 2.24) is 10.2 Å². The van der Waals surface area contributed by atoms with Gasteiger partial charge in [-0.2, -0.15) is 0 Å². The van der Waals surface area contributed by atoms with Gasteiger partial charge in [-0.1, -0.05) is 66.5 Å². The number of rotatable bonds is 11. The van der Waals surface area contributed by atoms with Crippen LogP contribution in [0.25, 0.3) is 0 Å². The number of halogens is 2. The Hall–Kier alpha value is -3.07. The first-order chi connectivity index (χ1) is 17.7. The Morgan fingerprint density at radius 1 is 0.892 bits per heavy atom. The molecule has 0 saturated carbocycles. The zero-order chi connectivity index (χ0) is 27.0. The molecule has 1 unspecified atom stereocenters. The van der Waals surface area contributed by atoms with Crippen LogP contribution in [0.4, 0.5) is 5.69 Å². The minimum Gasteiger partial charge on any atom is -0.355 e. The molecule has 0 heterocycles. The van der Waals surface area contributed by atoms with Gasteiger partial charge < -0.3 is 10.2 Å². The first-order valence-corrected chi connectivity index (χ1v) is 14.0. The number of hydrogen-bond acceptors (Lipinski definition) is 4. The highest BCUT2D eigenvalue weighted by Crippen LogP contribution is 2.26. The average molecular weight is 563 g/mol. The highest BCUT2D eigenvalue weighted by molar-refractivity contribution is 7.92. The second-order valence-corrected chi connectivity index (χ2v) is 10.9. The molecule has 0 aromatic heterocycles. The second-order valence-electron chi connectivity index (χ2n) is 8.23. The molecular weight excluding hydrogens is 533 g/mol. The highest BCUT2D eigenvalue weighted by atomic mass is 35.5. The van der Waals surface area contributed by atoms with Gasteiger partial charge in [0.2, 0.25) is 11.8 Å². The van der Waals surface area contributed by atoms with Gasteiger partial charge >= 0.3 is 0 Å². The molecule has 0 bridgehead atoms. The topological polar surface area (TPSA) is 86.8 Å². The number of amides is 2. The van der Waals surface area contributed by atoms with Gasteiger partial charge in [0.05, 0.1) is 10.6 Å². The number of carbonyl (C=O) groups excluding carboxylic acids is 2. The number of sulfonamides is 1. The third kappa shape index (κ3) is 7.03. The summed E-state index contributed by atoms with van der Waals surface area (Å²) >= 11 is 12.3. The fourth-order valence-corrected chi connectivity index (χ4v) is 5.61. The lowest BCUT2D eigenvalue weighted by atomic mass is 10.1. The monoisotopic (exact) mass is 561 g/mol. The molecular formula is C27H29Cl2N3O4S. The van der Waals surface area contributed by atoms with Crippen LogP contribution in [-0.2, 0) is 26.2 Å². The number of hydrogen-bond donors (Lipinski definition) is 1. The summed E-state index contributed by atoms with van der Waals surface area (Å²) in [5, 5.41) is 3.60. The number of nitrogens with zero attached hydrogens (tertiary/aromatic N) is 2. The van der Waals surface area contributed by atoms with Gasteiger partial charge in [0, 0.05) is 23.1 Å². The third-order valence-corrected chi connectivity index (χ3v) is 8.17. The number of para-hydroxylation sites is 1. The molecule has 1 N–H and O–H groups in total. The molecule has 3 aromatic rings. The summed E-state index contributed by atoms with van der Waals surface area (Å²) < 4.78 is 28.4. The van der Waals surface area contributed by atoms with E-state index in [9.17, 15) is 18.0 Å². The Morgan fingerprint density at radius 2 is 1.51 bits per heavy atom. The quantitative estimate of drug-likeness (QED) is 0.351. The van der Waals surface area contributed by atoms with Crippen LogP contribution in [0.15, 0.2) is 83.8 Å². The molecule has 2 amide bonds. The molecule has 0 spiro atoms. The molecule has 0 radical (unpaired) electrons. The maximum Gasteiger partial charge on any atom is 0.264 e. The van der Waals surface area contributed by atoms with E-state index >= 15 is 0 Å². The summed E-state index contributed by atoms with van der Waals surface area (Å²) in [5.41, 5.74) is 0.960. The zero-order valence-electron chi connectivity index (χ0n) is 20.6. The molecule has 0 saturated heterocycles. The number of anilines is 1. The smallest absolute Gasteiger partial charge is 0.264 e. The molecule has 7 nitrogen and oxygen atoms in total. The van der Waals surface area contributed by atoms with Crippen LogP contribution >= 0.6 is 23.2 Å². The Kier molecular flexibility index (Phi) is 9.97. The van der Waals surface area contributed by atoms with Gasteiger partial charge in [-0.3, -0.25) is 13.9 Å². The van der Waals surface area contributed by atoms with E-state index in [1.165, 1.54) is 29.2 Å². The number of nitrogens with one attached hydrogen (secondary N) is 1. The van der Waals surface area contributed by atoms with Crippen LogP contribution in [0.1, 0.15) is 25.8 Å². The lowest BCUT2D eigenvalue weighted by molar-refractivity contribution is -0.140. The first kappa shape index (κ1) is 28.5. The van der Waals surface area contributed by atoms with E-state index < -0.39 is 28.5 Å². The lowest BCUT2D eigenvalue weighted by Gasteiger charge is -2.33. The van der Waals surface area contributed by atoms with Crippen LogP contribution in [0.2, 0.25) is 10.0 Å². The Labute approximate surface area is 228 Å². The Morgan fingerprint density at radius 3 is 2.11 bits per heavy atom. The van der Waals surface area contributed by atoms with Crippen LogP contribution in [0.5, 0.6) is 0 Å². The Bertz CT molecular complexity index is 1320. The van der Waals surface area contributed by atoms with Crippen molar-refractivity contribution in [3.05, 3.63) is 94.5 Å². The minimum absolute atomic E-state index is 0.0121. The molecule has 3 rings (SSSR count). The predicted molar refractivity (Wildman–Crippen MR) is 147 cm³/mol. The van der Waals surface area contributed by atoms with Gasteiger partial charge in [0.1, 0.15) is 12.6 Å². The van der Waals surface area contributed by atoms with E-state index in [-0.39, 0.29) is 17.3 Å². The van der Waals surface area contributed by atoms with Gasteiger partial charge in [0.25, 0.3) is 10.0 Å². The highest BCUT2D eigenvalue weighted by Gasteiger charge is 2.33. The molecule has 0 aliphatic heterocycles. The van der Waals surface area contributed by atoms with Gasteiger partial charge in [0.15, 0.2) is 0 Å². The van der Waals surface area contributed by atoms with Crippen LogP contribution < -0.4 is 9.62 Å². The summed E-state index contributed by atoms with van der Waals surface area (Å²) in [7, 11) is -4.14. The van der Waals surface area contributed by atoms with Crippen LogP contribution in [0, 0.1) is 0 Å². The largest absolute Gasteiger partial charge is 0.355 e. The van der Waals surface area contributed by atoms with Gasteiger partial charge in [-0.15, -0.1) is 0 Å². The SMILES string of the molecule is CCNC(=O)C(CC)N(Cc1ccccc1Cl)C(=O)CN(c1ccccc1)S(=O)(=O)c1ccc(Cl)cc1. The van der Waals surface area contributed by atoms with Crippen molar-refractivity contribution in [3.8, 4) is 0 Å². The van der Waals surface area contributed by atoms with E-state index in [1.54, 1.807) is 68.4 Å². The molecule has 0 fully saturated rings. The van der Waals surface area contributed by atoms with Crippen molar-refractivity contribution in [2.45, 2.75) is 37.8 Å². The molecule has 0 aliphatic carbocycles. The number of carbonyl (C=O) groups is 2. The van der Waals surface area contributed by atoms with E-state index in [4.69, 9.17) is 23.2 Å². The summed E-state index contributed by atoms with van der Waals surface area (Å²) in [4.78, 5) is 28.2. The first-order valence-electron chi connectivity index (χ1n) is 11.8. The molecule has 1 atom stereocenters. The van der Waals surface area contributed by atoms with Crippen molar-refractivity contribution in [3.63, 3.8) is 0 Å². The predicted octanol–water partition coefficient (Wildman–Crippen LogP) is 5.13. The molecule has 10 heteroatoms. The fourth-order valence-electron chi connectivity index (χ4n) is 3.88. The van der Waals surface area contributed by atoms with Crippen LogP contribution in [0.3, 0.4) is 0 Å². The van der Waals surface area contributed by atoms with E-state index in [0.29, 0.717) is 34.3 Å². The maximum atomic E-state index is 13.9. The summed E-state index contributed by atoms with van der Waals surface area (Å²) in [6.07, 6.45) is 0.331. The van der Waals surface area contributed by atoms with E-state index in [0.717, 1.165) is 4.31 Å². The second kappa shape index (κ2) is 12.9. The van der Waals surface area contributed by atoms with Gasteiger partial charge in [-0.25, -0.2) is 8.42 Å². The van der Waals surface area contributed by atoms with Crippen molar-refractivity contribution < 1.29 is 18.0 Å². The third-order valence-electron chi connectivity index (χ3n) is 5.76. The molecule has 3 aromatic carbocycles.